The summed E-state index contributed by atoms with van der Waals surface area (Å²) in [4.78, 5) is 9.54. The Bertz CT molecular complexity index is 3170. The Labute approximate surface area is 322 Å². The molecule has 0 aliphatic carbocycles. The molecule has 264 valence electrons. The van der Waals surface area contributed by atoms with Crippen LogP contribution >= 0.6 is 0 Å². The lowest BCUT2D eigenvalue weighted by atomic mass is 10.00. The molecule has 0 radical (unpaired) electrons. The van der Waals surface area contributed by atoms with E-state index in [-0.39, 0.29) is 0 Å². The molecule has 0 unspecified atom stereocenters. The quantitative estimate of drug-likeness (QED) is 0.153. The van der Waals surface area contributed by atoms with Gasteiger partial charge in [-0.1, -0.05) is 103 Å². The zero-order valence-corrected chi connectivity index (χ0v) is 30.2. The summed E-state index contributed by atoms with van der Waals surface area (Å²) in [7, 11) is 0. The van der Waals surface area contributed by atoms with Crippen LogP contribution in [0.2, 0.25) is 0 Å². The molecule has 11 aromatic rings. The van der Waals surface area contributed by atoms with E-state index in [0.717, 1.165) is 94.3 Å². The number of furan rings is 1. The minimum absolute atomic E-state index is 0.611. The van der Waals surface area contributed by atoms with Gasteiger partial charge in [0.05, 0.1) is 0 Å². The van der Waals surface area contributed by atoms with Crippen molar-refractivity contribution < 1.29 is 8.83 Å². The monoisotopic (exact) mass is 719 g/mol. The number of nitrogens with zero attached hydrogens (tertiary/aromatic N) is 3. The summed E-state index contributed by atoms with van der Waals surface area (Å²) in [6.07, 6.45) is 0. The number of rotatable bonds is 7. The van der Waals surface area contributed by atoms with Gasteiger partial charge in [0.2, 0.25) is 5.89 Å². The normalized spacial score (nSPS) is 11.6. The van der Waals surface area contributed by atoms with Crippen LogP contribution in [0.1, 0.15) is 0 Å². The zero-order chi connectivity index (χ0) is 37.0. The van der Waals surface area contributed by atoms with Crippen molar-refractivity contribution in [1.82, 2.24) is 4.98 Å². The summed E-state index contributed by atoms with van der Waals surface area (Å²) in [5.74, 6) is 0.611. The summed E-state index contributed by atoms with van der Waals surface area (Å²) >= 11 is 0. The van der Waals surface area contributed by atoms with Gasteiger partial charge in [-0.15, -0.1) is 0 Å². The van der Waals surface area contributed by atoms with Crippen molar-refractivity contribution >= 4 is 88.7 Å². The molecule has 9 aromatic carbocycles. The van der Waals surface area contributed by atoms with E-state index >= 15 is 0 Å². The van der Waals surface area contributed by atoms with E-state index in [2.05, 4.69) is 168 Å². The first-order chi connectivity index (χ1) is 27.7. The smallest absolute Gasteiger partial charge is 0.227 e. The lowest BCUT2D eigenvalue weighted by Crippen LogP contribution is -2.13. The predicted molar refractivity (Wildman–Crippen MR) is 231 cm³/mol. The maximum Gasteiger partial charge on any atom is 0.227 e. The van der Waals surface area contributed by atoms with Crippen molar-refractivity contribution in [2.24, 2.45) is 0 Å². The number of fused-ring (bicyclic) bond motifs is 8. The van der Waals surface area contributed by atoms with Gasteiger partial charge in [0.1, 0.15) is 16.7 Å². The molecule has 0 saturated carbocycles. The van der Waals surface area contributed by atoms with E-state index in [1.807, 2.05) is 42.5 Å². The number of oxazole rings is 1. The lowest BCUT2D eigenvalue weighted by molar-refractivity contribution is 0.623. The Morgan fingerprint density at radius 3 is 1.68 bits per heavy atom. The standard InChI is InChI=1S/C51H33N3O2/c1-4-13-36(14-5-1)51-52-46-30-26-35-24-23-34-25-27-41(32-45(34)49(35)50(46)56-51)54(42-28-29-44-43-21-10-11-22-47(43)55-48(44)33-42)40-20-12-19-39(31-40)53(37-15-6-2-7-16-37)38-17-8-3-9-18-38/h1-33H. The van der Waals surface area contributed by atoms with E-state index in [1.165, 1.54) is 0 Å². The average molecular weight is 720 g/mol. The molecule has 0 bridgehead atoms. The van der Waals surface area contributed by atoms with Crippen LogP contribution in [0.25, 0.3) is 66.0 Å². The Hall–Kier alpha value is -7.63. The van der Waals surface area contributed by atoms with E-state index in [0.29, 0.717) is 5.89 Å². The molecule has 5 nitrogen and oxygen atoms in total. The third kappa shape index (κ3) is 5.37. The third-order valence-electron chi connectivity index (χ3n) is 10.6. The van der Waals surface area contributed by atoms with Gasteiger partial charge in [-0.2, -0.15) is 0 Å². The molecule has 0 saturated heterocycles. The molecular weight excluding hydrogens is 687 g/mol. The molecular formula is C51H33N3O2. The van der Waals surface area contributed by atoms with Crippen molar-refractivity contribution in [3.05, 3.63) is 200 Å². The third-order valence-corrected chi connectivity index (χ3v) is 10.6. The first kappa shape index (κ1) is 31.9. The van der Waals surface area contributed by atoms with Crippen LogP contribution in [-0.4, -0.2) is 4.98 Å². The number of hydrogen-bond donors (Lipinski definition) is 0. The van der Waals surface area contributed by atoms with Crippen LogP contribution in [0.4, 0.5) is 34.1 Å². The maximum absolute atomic E-state index is 6.61. The van der Waals surface area contributed by atoms with Gasteiger partial charge in [0.15, 0.2) is 5.58 Å². The maximum atomic E-state index is 6.61. The number of benzene rings is 9. The summed E-state index contributed by atoms with van der Waals surface area (Å²) < 4.78 is 13.1. The molecule has 0 aliphatic heterocycles. The van der Waals surface area contributed by atoms with E-state index < -0.39 is 0 Å². The Balaban J connectivity index is 1.14. The molecule has 0 spiro atoms. The molecule has 0 amide bonds. The number of para-hydroxylation sites is 3. The van der Waals surface area contributed by atoms with Gasteiger partial charge in [-0.05, 0) is 107 Å². The molecule has 0 fully saturated rings. The predicted octanol–water partition coefficient (Wildman–Crippen LogP) is 14.6. The first-order valence-corrected chi connectivity index (χ1v) is 18.8. The van der Waals surface area contributed by atoms with Crippen molar-refractivity contribution in [1.29, 1.82) is 0 Å². The average Bonchev–Trinajstić information content (AvgIpc) is 3.87. The fourth-order valence-electron chi connectivity index (χ4n) is 8.03. The van der Waals surface area contributed by atoms with Crippen LogP contribution in [0.5, 0.6) is 0 Å². The van der Waals surface area contributed by atoms with Gasteiger partial charge in [-0.3, -0.25) is 0 Å². The molecule has 56 heavy (non-hydrogen) atoms. The number of anilines is 6. The Kier molecular flexibility index (Phi) is 7.42. The lowest BCUT2D eigenvalue weighted by Gasteiger charge is -2.29. The summed E-state index contributed by atoms with van der Waals surface area (Å²) in [5.41, 5.74) is 10.5. The summed E-state index contributed by atoms with van der Waals surface area (Å²) in [6.45, 7) is 0. The fraction of sp³-hybridized carbons (Fsp3) is 0. The summed E-state index contributed by atoms with van der Waals surface area (Å²) in [6, 6.07) is 69.8. The van der Waals surface area contributed by atoms with E-state index in [9.17, 15) is 0 Å². The van der Waals surface area contributed by atoms with Gasteiger partial charge in [0, 0.05) is 61.9 Å². The highest BCUT2D eigenvalue weighted by Gasteiger charge is 2.20. The molecule has 11 rings (SSSR count). The topological polar surface area (TPSA) is 45.7 Å². The van der Waals surface area contributed by atoms with Gasteiger partial charge in [-0.25, -0.2) is 4.98 Å². The molecule has 0 atom stereocenters. The molecule has 5 heteroatoms. The highest BCUT2D eigenvalue weighted by molar-refractivity contribution is 6.19. The Morgan fingerprint density at radius 2 is 0.911 bits per heavy atom. The second-order valence-electron chi connectivity index (χ2n) is 14.0. The van der Waals surface area contributed by atoms with Crippen LogP contribution in [0.3, 0.4) is 0 Å². The Morgan fingerprint density at radius 1 is 0.357 bits per heavy atom. The van der Waals surface area contributed by atoms with Crippen molar-refractivity contribution in [3.63, 3.8) is 0 Å². The minimum Gasteiger partial charge on any atom is -0.456 e. The molecule has 0 N–H and O–H groups in total. The minimum atomic E-state index is 0.611. The second-order valence-corrected chi connectivity index (χ2v) is 14.0. The van der Waals surface area contributed by atoms with Crippen molar-refractivity contribution in [3.8, 4) is 11.5 Å². The second kappa shape index (κ2) is 13.0. The fourth-order valence-corrected chi connectivity index (χ4v) is 8.03. The van der Waals surface area contributed by atoms with Crippen LogP contribution in [0.15, 0.2) is 209 Å². The molecule has 0 aliphatic rings. The summed E-state index contributed by atoms with van der Waals surface area (Å²) in [5, 5.41) is 6.53. The largest absolute Gasteiger partial charge is 0.456 e. The van der Waals surface area contributed by atoms with E-state index in [4.69, 9.17) is 13.8 Å². The van der Waals surface area contributed by atoms with Crippen LogP contribution < -0.4 is 9.80 Å². The number of aromatic nitrogens is 1. The van der Waals surface area contributed by atoms with Crippen molar-refractivity contribution in [2.75, 3.05) is 9.80 Å². The van der Waals surface area contributed by atoms with Gasteiger partial charge >= 0.3 is 0 Å². The molecule has 2 aromatic heterocycles. The zero-order valence-electron chi connectivity index (χ0n) is 30.2. The van der Waals surface area contributed by atoms with Gasteiger partial charge < -0.3 is 18.6 Å². The highest BCUT2D eigenvalue weighted by atomic mass is 16.3. The SMILES string of the molecule is c1ccc(-c2nc3ccc4ccc5ccc(N(c6cccc(N(c7ccccc7)c7ccccc7)c6)c6ccc7c(c6)oc6ccccc67)cc5c4c3o2)cc1. The number of hydrogen-bond acceptors (Lipinski definition) is 5. The van der Waals surface area contributed by atoms with Crippen LogP contribution in [-0.2, 0) is 0 Å². The highest BCUT2D eigenvalue weighted by Crippen LogP contribution is 2.44. The van der Waals surface area contributed by atoms with Crippen molar-refractivity contribution in [2.45, 2.75) is 0 Å². The van der Waals surface area contributed by atoms with Crippen LogP contribution in [0, 0.1) is 0 Å². The molecule has 2 heterocycles. The first-order valence-electron chi connectivity index (χ1n) is 18.8. The van der Waals surface area contributed by atoms with E-state index in [1.54, 1.807) is 0 Å². The van der Waals surface area contributed by atoms with Gasteiger partial charge in [0.25, 0.3) is 0 Å².